The van der Waals surface area contributed by atoms with Gasteiger partial charge in [0.1, 0.15) is 0 Å². The molecule has 18 heavy (non-hydrogen) atoms. The van der Waals surface area contributed by atoms with Crippen molar-refractivity contribution in [1.82, 2.24) is 9.55 Å². The maximum Gasteiger partial charge on any atom is 0.406 e. The summed E-state index contributed by atoms with van der Waals surface area (Å²) in [6, 6.07) is 0. The van der Waals surface area contributed by atoms with E-state index < -0.39 is 4.92 Å². The SMILES string of the molecule is CCC(CCO)CNc1c([N+](=O)[O-])nc(C)n1C. The lowest BCUT2D eigenvalue weighted by Crippen LogP contribution is -2.17. The molecule has 1 rings (SSSR count). The second-order valence-electron chi connectivity index (χ2n) is 4.31. The van der Waals surface area contributed by atoms with Crippen molar-refractivity contribution in [3.63, 3.8) is 0 Å². The molecule has 0 saturated heterocycles. The van der Waals surface area contributed by atoms with Crippen molar-refractivity contribution in [2.75, 3.05) is 18.5 Å². The van der Waals surface area contributed by atoms with Crippen molar-refractivity contribution < 1.29 is 10.0 Å². The second-order valence-corrected chi connectivity index (χ2v) is 4.31. The van der Waals surface area contributed by atoms with E-state index in [4.69, 9.17) is 5.11 Å². The second kappa shape index (κ2) is 6.34. The molecule has 1 atom stereocenters. The normalized spacial score (nSPS) is 12.4. The van der Waals surface area contributed by atoms with Gasteiger partial charge in [0.2, 0.25) is 11.6 Å². The largest absolute Gasteiger partial charge is 0.406 e. The van der Waals surface area contributed by atoms with Crippen molar-refractivity contribution in [2.24, 2.45) is 13.0 Å². The molecule has 7 heteroatoms. The Hall–Kier alpha value is -1.63. The van der Waals surface area contributed by atoms with Crippen molar-refractivity contribution in [2.45, 2.75) is 26.7 Å². The monoisotopic (exact) mass is 256 g/mol. The third-order valence-electron chi connectivity index (χ3n) is 3.15. The summed E-state index contributed by atoms with van der Waals surface area (Å²) in [7, 11) is 1.74. The van der Waals surface area contributed by atoms with E-state index in [9.17, 15) is 10.1 Å². The Labute approximate surface area is 106 Å². The lowest BCUT2D eigenvalue weighted by Gasteiger charge is -2.14. The molecule has 0 aliphatic carbocycles. The van der Waals surface area contributed by atoms with Gasteiger partial charge in [-0.2, -0.15) is 0 Å². The number of aryl methyl sites for hydroxylation is 1. The Balaban J connectivity index is 2.80. The Morgan fingerprint density at radius 3 is 2.78 bits per heavy atom. The molecule has 0 aliphatic heterocycles. The Bertz CT molecular complexity index is 417. The summed E-state index contributed by atoms with van der Waals surface area (Å²) in [5, 5.41) is 22.9. The predicted molar refractivity (Wildman–Crippen MR) is 68.6 cm³/mol. The lowest BCUT2D eigenvalue weighted by molar-refractivity contribution is -0.388. The lowest BCUT2D eigenvalue weighted by atomic mass is 10.0. The highest BCUT2D eigenvalue weighted by atomic mass is 16.6. The van der Waals surface area contributed by atoms with Gasteiger partial charge in [-0.1, -0.05) is 13.3 Å². The number of nitrogens with zero attached hydrogens (tertiary/aromatic N) is 3. The molecule has 102 valence electrons. The Kier molecular flexibility index (Phi) is 5.08. The van der Waals surface area contributed by atoms with Crippen LogP contribution in [-0.4, -0.2) is 32.7 Å². The first-order valence-electron chi connectivity index (χ1n) is 6.03. The Morgan fingerprint density at radius 2 is 2.28 bits per heavy atom. The maximum atomic E-state index is 10.9. The van der Waals surface area contributed by atoms with Crippen LogP contribution in [0.3, 0.4) is 0 Å². The topological polar surface area (TPSA) is 93.2 Å². The van der Waals surface area contributed by atoms with E-state index in [1.807, 2.05) is 6.92 Å². The standard InChI is InChI=1S/C11H20N4O3/c1-4-9(5-6-16)7-12-10-11(15(17)18)13-8(2)14(10)3/h9,12,16H,4-7H2,1-3H3. The van der Waals surface area contributed by atoms with E-state index in [1.54, 1.807) is 18.5 Å². The number of hydrogen-bond acceptors (Lipinski definition) is 5. The fourth-order valence-corrected chi connectivity index (χ4v) is 1.79. The van der Waals surface area contributed by atoms with Crippen molar-refractivity contribution in [3.8, 4) is 0 Å². The van der Waals surface area contributed by atoms with Crippen LogP contribution in [0, 0.1) is 23.0 Å². The zero-order valence-corrected chi connectivity index (χ0v) is 11.0. The molecular formula is C11H20N4O3. The number of aliphatic hydroxyl groups is 1. The summed E-state index contributed by atoms with van der Waals surface area (Å²) in [5.41, 5.74) is 0. The molecule has 1 aromatic heterocycles. The van der Waals surface area contributed by atoms with Gasteiger partial charge in [-0.05, 0) is 22.2 Å². The molecule has 0 spiro atoms. The number of hydrogen-bond donors (Lipinski definition) is 2. The predicted octanol–water partition coefficient (Wildman–Crippen LogP) is 1.46. The fraction of sp³-hybridized carbons (Fsp3) is 0.727. The number of rotatable bonds is 7. The quantitative estimate of drug-likeness (QED) is 0.569. The third kappa shape index (κ3) is 3.19. The molecule has 1 heterocycles. The van der Waals surface area contributed by atoms with Crippen molar-refractivity contribution >= 4 is 11.6 Å². The van der Waals surface area contributed by atoms with E-state index in [0.29, 0.717) is 30.5 Å². The molecule has 7 nitrogen and oxygen atoms in total. The minimum atomic E-state index is -0.484. The summed E-state index contributed by atoms with van der Waals surface area (Å²) >= 11 is 0. The molecule has 2 N–H and O–H groups in total. The highest BCUT2D eigenvalue weighted by Gasteiger charge is 2.23. The molecular weight excluding hydrogens is 236 g/mol. The highest BCUT2D eigenvalue weighted by molar-refractivity contribution is 5.53. The van der Waals surface area contributed by atoms with Crippen LogP contribution in [-0.2, 0) is 7.05 Å². The average molecular weight is 256 g/mol. The summed E-state index contributed by atoms with van der Waals surface area (Å²) in [4.78, 5) is 14.3. The summed E-state index contributed by atoms with van der Waals surface area (Å²) in [6.07, 6.45) is 1.60. The molecule has 0 radical (unpaired) electrons. The van der Waals surface area contributed by atoms with E-state index in [2.05, 4.69) is 10.3 Å². The number of nitrogens with one attached hydrogen (secondary N) is 1. The first-order chi connectivity index (χ1) is 8.51. The minimum Gasteiger partial charge on any atom is -0.396 e. The van der Waals surface area contributed by atoms with Gasteiger partial charge in [-0.25, -0.2) is 0 Å². The molecule has 0 aromatic carbocycles. The van der Waals surface area contributed by atoms with Gasteiger partial charge in [0.25, 0.3) is 0 Å². The first-order valence-corrected chi connectivity index (χ1v) is 6.03. The minimum absolute atomic E-state index is 0.132. The van der Waals surface area contributed by atoms with Gasteiger partial charge in [0, 0.05) is 27.1 Å². The van der Waals surface area contributed by atoms with Crippen LogP contribution in [0.2, 0.25) is 0 Å². The van der Waals surface area contributed by atoms with Crippen LogP contribution in [0.25, 0.3) is 0 Å². The van der Waals surface area contributed by atoms with Crippen molar-refractivity contribution in [1.29, 1.82) is 0 Å². The number of imidazole rings is 1. The highest BCUT2D eigenvalue weighted by Crippen LogP contribution is 2.24. The van der Waals surface area contributed by atoms with Crippen LogP contribution < -0.4 is 5.32 Å². The van der Waals surface area contributed by atoms with Gasteiger partial charge in [0.05, 0.1) is 0 Å². The molecule has 1 aromatic rings. The van der Waals surface area contributed by atoms with Crippen molar-refractivity contribution in [3.05, 3.63) is 15.9 Å². The van der Waals surface area contributed by atoms with Gasteiger partial charge < -0.3 is 20.5 Å². The Morgan fingerprint density at radius 1 is 1.61 bits per heavy atom. The summed E-state index contributed by atoms with van der Waals surface area (Å²) < 4.78 is 1.67. The molecule has 0 saturated carbocycles. The fourth-order valence-electron chi connectivity index (χ4n) is 1.79. The summed E-state index contributed by atoms with van der Waals surface area (Å²) in [5.74, 6) is 1.17. The van der Waals surface area contributed by atoms with Crippen LogP contribution in [0.5, 0.6) is 0 Å². The van der Waals surface area contributed by atoms with Crippen LogP contribution in [0.1, 0.15) is 25.6 Å². The average Bonchev–Trinajstić information content (AvgIpc) is 2.62. The van der Waals surface area contributed by atoms with E-state index in [-0.39, 0.29) is 12.4 Å². The van der Waals surface area contributed by atoms with Gasteiger partial charge in [-0.15, -0.1) is 0 Å². The van der Waals surface area contributed by atoms with E-state index in [0.717, 1.165) is 6.42 Å². The van der Waals surface area contributed by atoms with Crippen LogP contribution >= 0.6 is 0 Å². The number of anilines is 1. The first kappa shape index (κ1) is 14.4. The smallest absolute Gasteiger partial charge is 0.396 e. The zero-order valence-electron chi connectivity index (χ0n) is 11.0. The van der Waals surface area contributed by atoms with Crippen LogP contribution in [0.4, 0.5) is 11.6 Å². The third-order valence-corrected chi connectivity index (χ3v) is 3.15. The molecule has 1 unspecified atom stereocenters. The number of nitro groups is 1. The molecule has 0 amide bonds. The molecule has 0 bridgehead atoms. The maximum absolute atomic E-state index is 10.9. The van der Waals surface area contributed by atoms with E-state index >= 15 is 0 Å². The number of aromatic nitrogens is 2. The van der Waals surface area contributed by atoms with E-state index in [1.165, 1.54) is 0 Å². The van der Waals surface area contributed by atoms with Gasteiger partial charge in [0.15, 0.2) is 0 Å². The van der Waals surface area contributed by atoms with Crippen LogP contribution in [0.15, 0.2) is 0 Å². The zero-order chi connectivity index (χ0) is 13.7. The van der Waals surface area contributed by atoms with Gasteiger partial charge >= 0.3 is 5.82 Å². The molecule has 0 fully saturated rings. The molecule has 0 aliphatic rings. The number of aliphatic hydroxyl groups excluding tert-OH is 1. The summed E-state index contributed by atoms with van der Waals surface area (Å²) in [6.45, 7) is 4.48. The van der Waals surface area contributed by atoms with Gasteiger partial charge in [-0.3, -0.25) is 4.57 Å².